The van der Waals surface area contributed by atoms with Crippen LogP contribution in [0.4, 0.5) is 0 Å². The summed E-state index contributed by atoms with van der Waals surface area (Å²) in [5.41, 5.74) is 0. The van der Waals surface area contributed by atoms with E-state index < -0.39 is 0 Å². The minimum atomic E-state index is 0.641. The van der Waals surface area contributed by atoms with Gasteiger partial charge in [-0.15, -0.1) is 12.3 Å². The van der Waals surface area contributed by atoms with Gasteiger partial charge >= 0.3 is 0 Å². The van der Waals surface area contributed by atoms with Crippen LogP contribution in [0.1, 0.15) is 46.5 Å². The van der Waals surface area contributed by atoms with Crippen molar-refractivity contribution in [2.75, 3.05) is 12.3 Å². The number of rotatable bonds is 9. The van der Waals surface area contributed by atoms with Crippen molar-refractivity contribution in [3.05, 3.63) is 0 Å². The number of nitrogens with one attached hydrogen (secondary N) is 1. The largest absolute Gasteiger partial charge is 0.313 e. The third kappa shape index (κ3) is 8.84. The standard InChI is InChI=1S/C13H25NS/c1-5-8-9-10-13(14-7-3)11-15-12(4)6-2/h1,12-14H,6-11H2,2-4H3. The zero-order valence-electron chi connectivity index (χ0n) is 10.4. The summed E-state index contributed by atoms with van der Waals surface area (Å²) in [7, 11) is 0. The first-order valence-electron chi connectivity index (χ1n) is 6.03. The Morgan fingerprint density at radius 1 is 1.40 bits per heavy atom. The van der Waals surface area contributed by atoms with Crippen LogP contribution in [-0.2, 0) is 0 Å². The summed E-state index contributed by atoms with van der Waals surface area (Å²) in [4.78, 5) is 0. The van der Waals surface area contributed by atoms with Crippen molar-refractivity contribution in [1.29, 1.82) is 0 Å². The molecule has 0 saturated heterocycles. The Balaban J connectivity index is 3.67. The molecule has 0 saturated carbocycles. The number of terminal acetylenes is 1. The normalized spacial score (nSPS) is 14.5. The Labute approximate surface area is 99.8 Å². The molecular formula is C13H25NS. The van der Waals surface area contributed by atoms with Gasteiger partial charge in [-0.05, 0) is 25.8 Å². The Kier molecular flexibility index (Phi) is 10.3. The molecule has 0 aliphatic carbocycles. The lowest BCUT2D eigenvalue weighted by atomic mass is 10.1. The molecule has 0 fully saturated rings. The molecule has 0 radical (unpaired) electrons. The van der Waals surface area contributed by atoms with Crippen LogP contribution in [0, 0.1) is 12.3 Å². The van der Waals surface area contributed by atoms with Gasteiger partial charge < -0.3 is 5.32 Å². The summed E-state index contributed by atoms with van der Waals surface area (Å²) in [5.74, 6) is 3.92. The van der Waals surface area contributed by atoms with E-state index in [4.69, 9.17) is 6.42 Å². The fourth-order valence-electron chi connectivity index (χ4n) is 1.38. The summed E-state index contributed by atoms with van der Waals surface area (Å²) in [6.07, 6.45) is 9.79. The second-order valence-electron chi connectivity index (χ2n) is 3.90. The van der Waals surface area contributed by atoms with Gasteiger partial charge in [-0.3, -0.25) is 0 Å². The SMILES string of the molecule is C#CCCCC(CSC(C)CC)NCC. The molecule has 1 nitrogen and oxygen atoms in total. The molecule has 0 bridgehead atoms. The number of thioether (sulfide) groups is 1. The van der Waals surface area contributed by atoms with Crippen LogP contribution < -0.4 is 5.32 Å². The van der Waals surface area contributed by atoms with E-state index in [1.807, 2.05) is 0 Å². The van der Waals surface area contributed by atoms with Gasteiger partial charge in [-0.2, -0.15) is 11.8 Å². The lowest BCUT2D eigenvalue weighted by molar-refractivity contribution is 0.522. The van der Waals surface area contributed by atoms with Gasteiger partial charge in [0.2, 0.25) is 0 Å². The molecule has 0 aromatic rings. The molecule has 2 atom stereocenters. The highest BCUT2D eigenvalue weighted by molar-refractivity contribution is 7.99. The number of hydrogen-bond donors (Lipinski definition) is 1. The Morgan fingerprint density at radius 2 is 2.13 bits per heavy atom. The summed E-state index contributed by atoms with van der Waals surface area (Å²) >= 11 is 2.07. The Morgan fingerprint density at radius 3 is 2.67 bits per heavy atom. The summed E-state index contributed by atoms with van der Waals surface area (Å²) in [6, 6.07) is 0.641. The first-order valence-corrected chi connectivity index (χ1v) is 7.07. The molecule has 0 aromatic carbocycles. The molecule has 0 rings (SSSR count). The van der Waals surface area contributed by atoms with E-state index in [9.17, 15) is 0 Å². The molecule has 0 aliphatic rings. The topological polar surface area (TPSA) is 12.0 Å². The molecule has 2 unspecified atom stereocenters. The highest BCUT2D eigenvalue weighted by Gasteiger charge is 2.08. The minimum Gasteiger partial charge on any atom is -0.313 e. The van der Waals surface area contributed by atoms with E-state index >= 15 is 0 Å². The van der Waals surface area contributed by atoms with E-state index in [0.717, 1.165) is 24.6 Å². The highest BCUT2D eigenvalue weighted by atomic mass is 32.2. The third-order valence-corrected chi connectivity index (χ3v) is 4.02. The van der Waals surface area contributed by atoms with Crippen LogP contribution in [0.3, 0.4) is 0 Å². The van der Waals surface area contributed by atoms with Crippen LogP contribution in [0.15, 0.2) is 0 Å². The molecule has 1 N–H and O–H groups in total. The first kappa shape index (κ1) is 14.9. The molecule has 0 amide bonds. The maximum Gasteiger partial charge on any atom is 0.0158 e. The number of unbranched alkanes of at least 4 members (excludes halogenated alkanes) is 1. The Hall–Kier alpha value is -0.130. The number of hydrogen-bond acceptors (Lipinski definition) is 2. The fraction of sp³-hybridized carbons (Fsp3) is 0.846. The maximum absolute atomic E-state index is 5.26. The van der Waals surface area contributed by atoms with Gasteiger partial charge in [0.05, 0.1) is 0 Å². The fourth-order valence-corrected chi connectivity index (χ4v) is 2.46. The maximum atomic E-state index is 5.26. The summed E-state index contributed by atoms with van der Waals surface area (Å²) < 4.78 is 0. The monoisotopic (exact) mass is 227 g/mol. The van der Waals surface area contributed by atoms with Crippen molar-refractivity contribution < 1.29 is 0 Å². The van der Waals surface area contributed by atoms with Gasteiger partial charge in [0.25, 0.3) is 0 Å². The molecule has 88 valence electrons. The molecular weight excluding hydrogens is 202 g/mol. The molecule has 0 aromatic heterocycles. The van der Waals surface area contributed by atoms with Crippen molar-refractivity contribution in [2.24, 2.45) is 0 Å². The van der Waals surface area contributed by atoms with Gasteiger partial charge in [-0.25, -0.2) is 0 Å². The van der Waals surface area contributed by atoms with Crippen LogP contribution >= 0.6 is 11.8 Å². The van der Waals surface area contributed by atoms with Crippen molar-refractivity contribution in [3.63, 3.8) is 0 Å². The second-order valence-corrected chi connectivity index (χ2v) is 5.37. The third-order valence-electron chi connectivity index (χ3n) is 2.52. The van der Waals surface area contributed by atoms with E-state index in [-0.39, 0.29) is 0 Å². The van der Waals surface area contributed by atoms with Crippen molar-refractivity contribution >= 4 is 11.8 Å². The lowest BCUT2D eigenvalue weighted by Crippen LogP contribution is -2.31. The zero-order chi connectivity index (χ0) is 11.5. The van der Waals surface area contributed by atoms with Gasteiger partial charge in [0.15, 0.2) is 0 Å². The summed E-state index contributed by atoms with van der Waals surface area (Å²) in [6.45, 7) is 7.78. The van der Waals surface area contributed by atoms with Crippen molar-refractivity contribution in [1.82, 2.24) is 5.32 Å². The second kappa shape index (κ2) is 10.4. The van der Waals surface area contributed by atoms with E-state index in [2.05, 4.69) is 43.8 Å². The Bertz CT molecular complexity index is 174. The molecule has 2 heteroatoms. The average Bonchev–Trinajstić information content (AvgIpc) is 2.25. The summed E-state index contributed by atoms with van der Waals surface area (Å²) in [5, 5.41) is 4.31. The predicted octanol–water partition coefficient (Wildman–Crippen LogP) is 3.30. The van der Waals surface area contributed by atoms with Crippen molar-refractivity contribution in [3.8, 4) is 12.3 Å². The smallest absolute Gasteiger partial charge is 0.0158 e. The van der Waals surface area contributed by atoms with E-state index in [1.165, 1.54) is 18.6 Å². The average molecular weight is 227 g/mol. The zero-order valence-corrected chi connectivity index (χ0v) is 11.2. The van der Waals surface area contributed by atoms with E-state index in [0.29, 0.717) is 6.04 Å². The minimum absolute atomic E-state index is 0.641. The quantitative estimate of drug-likeness (QED) is 0.479. The van der Waals surface area contributed by atoms with Crippen LogP contribution in [0.25, 0.3) is 0 Å². The molecule has 0 spiro atoms. The highest BCUT2D eigenvalue weighted by Crippen LogP contribution is 2.16. The first-order chi connectivity index (χ1) is 7.24. The van der Waals surface area contributed by atoms with Gasteiger partial charge in [0.1, 0.15) is 0 Å². The van der Waals surface area contributed by atoms with Crippen LogP contribution in [0.2, 0.25) is 0 Å². The van der Waals surface area contributed by atoms with Crippen LogP contribution in [-0.4, -0.2) is 23.6 Å². The predicted molar refractivity (Wildman–Crippen MR) is 72.4 cm³/mol. The van der Waals surface area contributed by atoms with E-state index in [1.54, 1.807) is 0 Å². The molecule has 15 heavy (non-hydrogen) atoms. The lowest BCUT2D eigenvalue weighted by Gasteiger charge is -2.18. The molecule has 0 aliphatic heterocycles. The van der Waals surface area contributed by atoms with Crippen molar-refractivity contribution in [2.45, 2.75) is 57.7 Å². The van der Waals surface area contributed by atoms with Gasteiger partial charge in [0, 0.05) is 23.5 Å². The molecule has 0 heterocycles. The van der Waals surface area contributed by atoms with Crippen LogP contribution in [0.5, 0.6) is 0 Å². The van der Waals surface area contributed by atoms with Gasteiger partial charge in [-0.1, -0.05) is 20.8 Å².